The number of aryl methyl sites for hydroxylation is 1. The lowest BCUT2D eigenvalue weighted by Gasteiger charge is -2.15. The molecule has 0 aliphatic heterocycles. The molecule has 2 N–H and O–H groups in total. The van der Waals surface area contributed by atoms with Gasteiger partial charge in [0.15, 0.2) is 6.10 Å². The van der Waals surface area contributed by atoms with Crippen molar-refractivity contribution >= 4 is 21.7 Å². The summed E-state index contributed by atoms with van der Waals surface area (Å²) in [6.07, 6.45) is -7.05. The second-order valence-electron chi connectivity index (χ2n) is 3.06. The summed E-state index contributed by atoms with van der Waals surface area (Å²) >= 11 is 3.08. The Labute approximate surface area is 98.0 Å². The summed E-state index contributed by atoms with van der Waals surface area (Å²) in [6.45, 7) is 0.961. The van der Waals surface area contributed by atoms with Crippen LogP contribution >= 0.6 is 15.9 Å². The zero-order valence-corrected chi connectivity index (χ0v) is 9.80. The fraction of sp³-hybridized carbons (Fsp3) is 0.500. The molecule has 1 heterocycles. The van der Waals surface area contributed by atoms with Gasteiger partial charge in [0.1, 0.15) is 16.2 Å². The van der Waals surface area contributed by atoms with E-state index in [4.69, 9.17) is 5.11 Å². The highest BCUT2D eigenvalue weighted by molar-refractivity contribution is 9.10. The molecule has 1 aromatic heterocycles. The van der Waals surface area contributed by atoms with Crippen LogP contribution in [-0.4, -0.2) is 33.9 Å². The van der Waals surface area contributed by atoms with Gasteiger partial charge in [0.2, 0.25) is 0 Å². The van der Waals surface area contributed by atoms with E-state index >= 15 is 0 Å². The predicted molar refractivity (Wildman–Crippen MR) is 55.0 cm³/mol. The highest BCUT2D eigenvalue weighted by atomic mass is 79.9. The first-order chi connectivity index (χ1) is 7.29. The standard InChI is InChI=1S/C8H9BrF3N3O/c1-4-14-6(9)2-7(15-4)13-3-5(16)8(10,11)12/h2,5,16H,3H2,1H3,(H,13,14,15). The Morgan fingerprint density at radius 1 is 1.50 bits per heavy atom. The van der Waals surface area contributed by atoms with E-state index in [-0.39, 0.29) is 5.82 Å². The van der Waals surface area contributed by atoms with E-state index in [9.17, 15) is 13.2 Å². The van der Waals surface area contributed by atoms with Gasteiger partial charge in [-0.05, 0) is 22.9 Å². The van der Waals surface area contributed by atoms with E-state index in [1.165, 1.54) is 6.07 Å². The van der Waals surface area contributed by atoms with E-state index < -0.39 is 18.8 Å². The van der Waals surface area contributed by atoms with Gasteiger partial charge in [-0.2, -0.15) is 13.2 Å². The molecule has 0 amide bonds. The molecule has 1 aromatic rings. The number of nitrogens with one attached hydrogen (secondary N) is 1. The van der Waals surface area contributed by atoms with Crippen molar-refractivity contribution in [2.24, 2.45) is 0 Å². The maximum absolute atomic E-state index is 12.0. The van der Waals surface area contributed by atoms with Crippen molar-refractivity contribution < 1.29 is 18.3 Å². The summed E-state index contributed by atoms with van der Waals surface area (Å²) in [5, 5.41) is 11.1. The van der Waals surface area contributed by atoms with Gasteiger partial charge in [0.25, 0.3) is 0 Å². The first kappa shape index (κ1) is 13.2. The van der Waals surface area contributed by atoms with Crippen molar-refractivity contribution in [1.82, 2.24) is 9.97 Å². The van der Waals surface area contributed by atoms with Crippen molar-refractivity contribution in [3.8, 4) is 0 Å². The zero-order valence-electron chi connectivity index (χ0n) is 8.22. The Balaban J connectivity index is 2.61. The van der Waals surface area contributed by atoms with E-state index in [1.54, 1.807) is 6.92 Å². The van der Waals surface area contributed by atoms with Crippen LogP contribution in [0.5, 0.6) is 0 Å². The minimum Gasteiger partial charge on any atom is -0.382 e. The molecule has 4 nitrogen and oxygen atoms in total. The number of nitrogens with zero attached hydrogens (tertiary/aromatic N) is 2. The molecule has 8 heteroatoms. The number of aromatic nitrogens is 2. The van der Waals surface area contributed by atoms with Crippen LogP contribution in [0.3, 0.4) is 0 Å². The molecule has 0 aromatic carbocycles. The second kappa shape index (κ2) is 4.96. The Bertz CT molecular complexity index is 352. The summed E-state index contributed by atoms with van der Waals surface area (Å²) in [6, 6.07) is 1.43. The minimum atomic E-state index is -4.63. The van der Waals surface area contributed by atoms with Gasteiger partial charge in [0, 0.05) is 6.07 Å². The lowest BCUT2D eigenvalue weighted by molar-refractivity contribution is -0.198. The maximum Gasteiger partial charge on any atom is 0.416 e. The van der Waals surface area contributed by atoms with Gasteiger partial charge in [-0.15, -0.1) is 0 Å². The third-order valence-corrected chi connectivity index (χ3v) is 2.07. The van der Waals surface area contributed by atoms with Gasteiger partial charge in [0.05, 0.1) is 6.54 Å². The van der Waals surface area contributed by atoms with Crippen LogP contribution in [0.2, 0.25) is 0 Å². The van der Waals surface area contributed by atoms with Gasteiger partial charge >= 0.3 is 6.18 Å². The van der Waals surface area contributed by atoms with Crippen molar-refractivity contribution in [2.45, 2.75) is 19.2 Å². The number of rotatable bonds is 3. The van der Waals surface area contributed by atoms with Crippen molar-refractivity contribution in [3.63, 3.8) is 0 Å². The van der Waals surface area contributed by atoms with Gasteiger partial charge < -0.3 is 10.4 Å². The van der Waals surface area contributed by atoms with E-state index in [1.807, 2.05) is 0 Å². The van der Waals surface area contributed by atoms with Gasteiger partial charge in [-0.25, -0.2) is 9.97 Å². The van der Waals surface area contributed by atoms with Crippen molar-refractivity contribution in [2.75, 3.05) is 11.9 Å². The van der Waals surface area contributed by atoms with E-state index in [2.05, 4.69) is 31.2 Å². The molecular formula is C8H9BrF3N3O. The van der Waals surface area contributed by atoms with Gasteiger partial charge in [-0.1, -0.05) is 0 Å². The van der Waals surface area contributed by atoms with Gasteiger partial charge in [-0.3, -0.25) is 0 Å². The summed E-state index contributed by atoms with van der Waals surface area (Å²) in [4.78, 5) is 7.75. The Morgan fingerprint density at radius 3 is 2.62 bits per heavy atom. The molecule has 1 atom stereocenters. The average Bonchev–Trinajstić information content (AvgIpc) is 2.11. The number of aliphatic hydroxyl groups is 1. The molecule has 1 unspecified atom stereocenters. The van der Waals surface area contributed by atoms with Crippen LogP contribution in [0, 0.1) is 6.92 Å². The molecule has 16 heavy (non-hydrogen) atoms. The number of aliphatic hydroxyl groups excluding tert-OH is 1. The van der Waals surface area contributed by atoms with Crippen LogP contribution in [-0.2, 0) is 0 Å². The monoisotopic (exact) mass is 299 g/mol. The number of alkyl halides is 3. The van der Waals surface area contributed by atoms with E-state index in [0.29, 0.717) is 10.4 Å². The molecule has 0 spiro atoms. The lowest BCUT2D eigenvalue weighted by Crippen LogP contribution is -2.35. The molecule has 0 radical (unpaired) electrons. The number of hydrogen-bond donors (Lipinski definition) is 2. The third-order valence-electron chi connectivity index (χ3n) is 1.66. The topological polar surface area (TPSA) is 58.0 Å². The van der Waals surface area contributed by atoms with Crippen LogP contribution in [0.25, 0.3) is 0 Å². The molecule has 0 aliphatic rings. The van der Waals surface area contributed by atoms with Crippen molar-refractivity contribution in [3.05, 3.63) is 16.5 Å². The molecule has 1 rings (SSSR count). The first-order valence-corrected chi connectivity index (χ1v) is 5.08. The summed E-state index contributed by atoms with van der Waals surface area (Å²) in [5.41, 5.74) is 0. The predicted octanol–water partition coefficient (Wildman–Crippen LogP) is 1.88. The Kier molecular flexibility index (Phi) is 4.09. The largest absolute Gasteiger partial charge is 0.416 e. The van der Waals surface area contributed by atoms with Crippen LogP contribution in [0.4, 0.5) is 19.0 Å². The zero-order chi connectivity index (χ0) is 12.3. The summed E-state index contributed by atoms with van der Waals surface area (Å²) < 4.78 is 36.4. The molecule has 90 valence electrons. The number of halogens is 4. The normalized spacial score (nSPS) is 13.6. The smallest absolute Gasteiger partial charge is 0.382 e. The van der Waals surface area contributed by atoms with Crippen LogP contribution < -0.4 is 5.32 Å². The average molecular weight is 300 g/mol. The van der Waals surface area contributed by atoms with Crippen LogP contribution in [0.1, 0.15) is 5.82 Å². The molecular weight excluding hydrogens is 291 g/mol. The fourth-order valence-corrected chi connectivity index (χ4v) is 1.41. The minimum absolute atomic E-state index is 0.225. The maximum atomic E-state index is 12.0. The molecule has 0 aliphatic carbocycles. The van der Waals surface area contributed by atoms with E-state index in [0.717, 1.165) is 0 Å². The summed E-state index contributed by atoms with van der Waals surface area (Å²) in [7, 11) is 0. The Hall–Kier alpha value is -0.890. The third kappa shape index (κ3) is 3.93. The SMILES string of the molecule is Cc1nc(Br)cc(NCC(O)C(F)(F)F)n1. The molecule has 0 saturated carbocycles. The highest BCUT2D eigenvalue weighted by Crippen LogP contribution is 2.20. The first-order valence-electron chi connectivity index (χ1n) is 4.29. The number of anilines is 1. The highest BCUT2D eigenvalue weighted by Gasteiger charge is 2.37. The Morgan fingerprint density at radius 2 is 2.12 bits per heavy atom. The number of hydrogen-bond acceptors (Lipinski definition) is 4. The molecule has 0 bridgehead atoms. The molecule has 0 fully saturated rings. The molecule has 0 saturated heterocycles. The van der Waals surface area contributed by atoms with Crippen molar-refractivity contribution in [1.29, 1.82) is 0 Å². The summed E-state index contributed by atoms with van der Waals surface area (Å²) in [5.74, 6) is 0.640. The lowest BCUT2D eigenvalue weighted by atomic mass is 10.3. The fourth-order valence-electron chi connectivity index (χ4n) is 0.939. The quantitative estimate of drug-likeness (QED) is 0.837. The second-order valence-corrected chi connectivity index (χ2v) is 3.87. The van der Waals surface area contributed by atoms with Crippen LogP contribution in [0.15, 0.2) is 10.7 Å².